The van der Waals surface area contributed by atoms with E-state index < -0.39 is 0 Å². The van der Waals surface area contributed by atoms with Gasteiger partial charge < -0.3 is 9.72 Å². The van der Waals surface area contributed by atoms with Crippen molar-refractivity contribution in [1.29, 1.82) is 0 Å². The van der Waals surface area contributed by atoms with E-state index in [0.717, 1.165) is 24.4 Å². The molecule has 4 rings (SSSR count). The summed E-state index contributed by atoms with van der Waals surface area (Å²) in [5.41, 5.74) is 3.08. The molecule has 0 unspecified atom stereocenters. The number of benzene rings is 2. The summed E-state index contributed by atoms with van der Waals surface area (Å²) in [5, 5.41) is 1.90. The van der Waals surface area contributed by atoms with E-state index in [9.17, 15) is 4.79 Å². The van der Waals surface area contributed by atoms with Crippen molar-refractivity contribution in [1.82, 2.24) is 14.9 Å². The number of H-pyrrole nitrogens is 1. The molecular formula is C22H21N3O2S. The van der Waals surface area contributed by atoms with Crippen LogP contribution in [-0.4, -0.2) is 22.0 Å². The number of rotatable bonds is 7. The molecule has 1 N–H and O–H groups in total. The van der Waals surface area contributed by atoms with E-state index in [4.69, 9.17) is 4.74 Å². The molecule has 0 fully saturated rings. The SMILES string of the molecule is COc1ccc(CN(Cc2ccccc2)Cc2nc3ccsc3c(=O)[nH]2)cc1. The average molecular weight is 391 g/mol. The molecule has 0 aliphatic heterocycles. The highest BCUT2D eigenvalue weighted by Crippen LogP contribution is 2.18. The topological polar surface area (TPSA) is 58.2 Å². The minimum absolute atomic E-state index is 0.0703. The molecule has 0 radical (unpaired) electrons. The largest absolute Gasteiger partial charge is 0.497 e. The second kappa shape index (κ2) is 8.37. The van der Waals surface area contributed by atoms with E-state index in [1.165, 1.54) is 22.5 Å². The van der Waals surface area contributed by atoms with Crippen molar-refractivity contribution in [2.75, 3.05) is 7.11 Å². The number of thiophene rings is 1. The van der Waals surface area contributed by atoms with Gasteiger partial charge in [-0.3, -0.25) is 9.69 Å². The van der Waals surface area contributed by atoms with Gasteiger partial charge in [-0.2, -0.15) is 0 Å². The Kier molecular flexibility index (Phi) is 5.50. The van der Waals surface area contributed by atoms with E-state index in [1.54, 1.807) is 7.11 Å². The summed E-state index contributed by atoms with van der Waals surface area (Å²) in [6, 6.07) is 20.3. The van der Waals surface area contributed by atoms with Crippen molar-refractivity contribution >= 4 is 21.6 Å². The first-order valence-corrected chi connectivity index (χ1v) is 9.95. The summed E-state index contributed by atoms with van der Waals surface area (Å²) in [6.45, 7) is 2.06. The lowest BCUT2D eigenvalue weighted by Gasteiger charge is -2.22. The first kappa shape index (κ1) is 18.4. The van der Waals surface area contributed by atoms with Crippen LogP contribution in [0.1, 0.15) is 17.0 Å². The van der Waals surface area contributed by atoms with Crippen LogP contribution < -0.4 is 10.3 Å². The molecule has 142 valence electrons. The third kappa shape index (κ3) is 4.30. The van der Waals surface area contributed by atoms with E-state index in [-0.39, 0.29) is 5.56 Å². The van der Waals surface area contributed by atoms with Gasteiger partial charge in [-0.1, -0.05) is 42.5 Å². The number of nitrogens with one attached hydrogen (secondary N) is 1. The van der Waals surface area contributed by atoms with Gasteiger partial charge >= 0.3 is 0 Å². The summed E-state index contributed by atoms with van der Waals surface area (Å²) in [7, 11) is 1.67. The molecule has 0 aliphatic rings. The first-order chi connectivity index (χ1) is 13.7. The van der Waals surface area contributed by atoms with Gasteiger partial charge in [-0.15, -0.1) is 11.3 Å². The maximum absolute atomic E-state index is 12.3. The Balaban J connectivity index is 1.59. The predicted molar refractivity (Wildman–Crippen MR) is 113 cm³/mol. The molecule has 0 aliphatic carbocycles. The lowest BCUT2D eigenvalue weighted by Crippen LogP contribution is -2.25. The van der Waals surface area contributed by atoms with E-state index >= 15 is 0 Å². The Morgan fingerprint density at radius 2 is 1.68 bits per heavy atom. The zero-order valence-electron chi connectivity index (χ0n) is 15.6. The van der Waals surface area contributed by atoms with Crippen LogP contribution in [0.25, 0.3) is 10.2 Å². The number of methoxy groups -OCH3 is 1. The summed E-state index contributed by atoms with van der Waals surface area (Å²) in [5.74, 6) is 1.52. The van der Waals surface area contributed by atoms with Crippen LogP contribution >= 0.6 is 11.3 Å². The van der Waals surface area contributed by atoms with Gasteiger partial charge in [0.15, 0.2) is 0 Å². The van der Waals surface area contributed by atoms with E-state index in [1.807, 2.05) is 41.8 Å². The van der Waals surface area contributed by atoms with Crippen LogP contribution in [0.5, 0.6) is 5.75 Å². The quantitative estimate of drug-likeness (QED) is 0.513. The van der Waals surface area contributed by atoms with Gasteiger partial charge in [-0.05, 0) is 34.7 Å². The van der Waals surface area contributed by atoms with Crippen molar-refractivity contribution in [3.63, 3.8) is 0 Å². The summed E-state index contributed by atoms with van der Waals surface area (Å²) < 4.78 is 5.92. The maximum Gasteiger partial charge on any atom is 0.268 e. The second-order valence-corrected chi connectivity index (χ2v) is 7.54. The summed E-state index contributed by atoms with van der Waals surface area (Å²) in [6.07, 6.45) is 0. The summed E-state index contributed by atoms with van der Waals surface area (Å²) in [4.78, 5) is 22.2. The molecule has 5 nitrogen and oxygen atoms in total. The van der Waals surface area contributed by atoms with Gasteiger partial charge in [0.1, 0.15) is 16.3 Å². The Hall–Kier alpha value is -2.96. The van der Waals surface area contributed by atoms with E-state index in [2.05, 4.69) is 39.1 Å². The maximum atomic E-state index is 12.3. The second-order valence-electron chi connectivity index (χ2n) is 6.63. The monoisotopic (exact) mass is 391 g/mol. The average Bonchev–Trinajstić information content (AvgIpc) is 3.18. The van der Waals surface area contributed by atoms with Gasteiger partial charge in [0.05, 0.1) is 19.2 Å². The molecule has 2 aromatic carbocycles. The third-order valence-electron chi connectivity index (χ3n) is 4.55. The van der Waals surface area contributed by atoms with Crippen molar-refractivity contribution in [2.45, 2.75) is 19.6 Å². The van der Waals surface area contributed by atoms with Crippen molar-refractivity contribution < 1.29 is 4.74 Å². The smallest absolute Gasteiger partial charge is 0.268 e. The Labute approximate surface area is 167 Å². The molecule has 0 bridgehead atoms. The number of hydrogen-bond donors (Lipinski definition) is 1. The fourth-order valence-electron chi connectivity index (χ4n) is 3.21. The molecule has 28 heavy (non-hydrogen) atoms. The first-order valence-electron chi connectivity index (χ1n) is 9.07. The zero-order valence-corrected chi connectivity index (χ0v) is 16.4. The molecular weight excluding hydrogens is 370 g/mol. The standard InChI is InChI=1S/C22H21N3O2S/c1-27-18-9-7-17(8-10-18)14-25(13-16-5-3-2-4-6-16)15-20-23-19-11-12-28-21(19)22(26)24-20/h2-12H,13-15H2,1H3,(H,23,24,26). The van der Waals surface area contributed by atoms with E-state index in [0.29, 0.717) is 17.1 Å². The van der Waals surface area contributed by atoms with Crippen LogP contribution in [0, 0.1) is 0 Å². The van der Waals surface area contributed by atoms with Crippen molar-refractivity contribution in [3.05, 3.63) is 93.3 Å². The molecule has 0 atom stereocenters. The highest BCUT2D eigenvalue weighted by atomic mass is 32.1. The number of aromatic nitrogens is 2. The third-order valence-corrected chi connectivity index (χ3v) is 5.45. The Morgan fingerprint density at radius 1 is 0.964 bits per heavy atom. The minimum atomic E-state index is -0.0703. The number of nitrogens with zero attached hydrogens (tertiary/aromatic N) is 2. The van der Waals surface area contributed by atoms with Crippen molar-refractivity contribution in [3.8, 4) is 5.75 Å². The Morgan fingerprint density at radius 3 is 2.39 bits per heavy atom. The molecule has 4 aromatic rings. The van der Waals surface area contributed by atoms with Gasteiger partial charge in [-0.25, -0.2) is 4.98 Å². The lowest BCUT2D eigenvalue weighted by atomic mass is 10.1. The highest BCUT2D eigenvalue weighted by Gasteiger charge is 2.12. The van der Waals surface area contributed by atoms with Gasteiger partial charge in [0.25, 0.3) is 5.56 Å². The number of fused-ring (bicyclic) bond motifs is 1. The molecule has 0 amide bonds. The van der Waals surface area contributed by atoms with Crippen molar-refractivity contribution in [2.24, 2.45) is 0 Å². The fourth-order valence-corrected chi connectivity index (χ4v) is 3.93. The number of hydrogen-bond acceptors (Lipinski definition) is 5. The molecule has 0 saturated carbocycles. The predicted octanol–water partition coefficient (Wildman–Crippen LogP) is 4.20. The van der Waals surface area contributed by atoms with Crippen LogP contribution in [0.3, 0.4) is 0 Å². The minimum Gasteiger partial charge on any atom is -0.497 e. The fraction of sp³-hybridized carbons (Fsp3) is 0.182. The molecule has 2 heterocycles. The van der Waals surface area contributed by atoms with Crippen LogP contribution in [0.4, 0.5) is 0 Å². The molecule has 0 spiro atoms. The number of aromatic amines is 1. The van der Waals surface area contributed by atoms with Gasteiger partial charge in [0.2, 0.25) is 0 Å². The molecule has 6 heteroatoms. The Bertz CT molecular complexity index is 1100. The normalized spacial score (nSPS) is 11.2. The number of ether oxygens (including phenoxy) is 1. The van der Waals surface area contributed by atoms with Crippen LogP contribution in [0.2, 0.25) is 0 Å². The summed E-state index contributed by atoms with van der Waals surface area (Å²) >= 11 is 1.42. The zero-order chi connectivity index (χ0) is 19.3. The molecule has 0 saturated heterocycles. The molecule has 2 aromatic heterocycles. The van der Waals surface area contributed by atoms with Crippen LogP contribution in [0.15, 0.2) is 70.8 Å². The van der Waals surface area contributed by atoms with Crippen LogP contribution in [-0.2, 0) is 19.6 Å². The highest BCUT2D eigenvalue weighted by molar-refractivity contribution is 7.17. The lowest BCUT2D eigenvalue weighted by molar-refractivity contribution is 0.241. The van der Waals surface area contributed by atoms with Gasteiger partial charge in [0, 0.05) is 13.1 Å².